The van der Waals surface area contributed by atoms with E-state index in [9.17, 15) is 0 Å². The molecule has 8 aromatic rings. The van der Waals surface area contributed by atoms with Gasteiger partial charge in [-0.1, -0.05) is 173 Å². The summed E-state index contributed by atoms with van der Waals surface area (Å²) >= 11 is 1.88. The molecule has 0 aliphatic carbocycles. The third-order valence-corrected chi connectivity index (χ3v) is 14.5. The van der Waals surface area contributed by atoms with Crippen LogP contribution in [0.5, 0.6) is 11.5 Å². The fourth-order valence-corrected chi connectivity index (χ4v) is 11.6. The molecule has 0 spiro atoms. The van der Waals surface area contributed by atoms with E-state index in [-0.39, 0.29) is 13.4 Å². The highest BCUT2D eigenvalue weighted by molar-refractivity contribution is 8.00. The summed E-state index contributed by atoms with van der Waals surface area (Å²) in [5.41, 5.74) is 19.1. The van der Waals surface area contributed by atoms with Gasteiger partial charge in [0.2, 0.25) is 6.71 Å². The van der Waals surface area contributed by atoms with Gasteiger partial charge in [-0.3, -0.25) is 0 Å². The Hall–Kier alpha value is -6.36. The third-order valence-electron chi connectivity index (χ3n) is 13.3. The molecule has 0 amide bonds. The molecule has 8 aromatic carbocycles. The molecule has 0 aromatic heterocycles. The van der Waals surface area contributed by atoms with Crippen molar-refractivity contribution in [1.29, 1.82) is 0 Å². The number of nitrogens with zero attached hydrogens (tertiary/aromatic N) is 2. The highest BCUT2D eigenvalue weighted by Gasteiger charge is 2.44. The van der Waals surface area contributed by atoms with Gasteiger partial charge in [0.05, 0.1) is 0 Å². The minimum atomic E-state index is 0.0129. The van der Waals surface area contributed by atoms with Crippen molar-refractivity contribution in [2.45, 2.75) is 69.1 Å². The summed E-state index contributed by atoms with van der Waals surface area (Å²) in [4.78, 5) is 7.39. The first kappa shape index (κ1) is 39.5. The van der Waals surface area contributed by atoms with Crippen molar-refractivity contribution in [2.24, 2.45) is 0 Å². The first-order valence-corrected chi connectivity index (χ1v) is 23.4. The molecule has 0 radical (unpaired) electrons. The number of fused-ring (bicyclic) bond motifs is 6. The fourth-order valence-electron chi connectivity index (χ4n) is 10.4. The zero-order valence-electron chi connectivity index (χ0n) is 36.8. The van der Waals surface area contributed by atoms with Crippen LogP contribution >= 0.6 is 11.8 Å². The van der Waals surface area contributed by atoms with Gasteiger partial charge in [-0.05, 0) is 123 Å². The van der Waals surface area contributed by atoms with E-state index in [2.05, 4.69) is 227 Å². The van der Waals surface area contributed by atoms with Crippen LogP contribution < -0.4 is 47.3 Å². The average Bonchev–Trinajstić information content (AvgIpc) is 3.30. The third kappa shape index (κ3) is 6.61. The van der Waals surface area contributed by atoms with Gasteiger partial charge in [0.25, 0.3) is 6.71 Å². The largest absolute Gasteiger partial charge is 0.458 e. The predicted octanol–water partition coefficient (Wildman–Crippen LogP) is 11.9. The Morgan fingerprint density at radius 1 is 0.444 bits per heavy atom. The Morgan fingerprint density at radius 2 is 1.02 bits per heavy atom. The molecule has 3 nitrogen and oxygen atoms in total. The van der Waals surface area contributed by atoms with Crippen LogP contribution in [0.3, 0.4) is 0 Å². The van der Waals surface area contributed by atoms with Gasteiger partial charge in [-0.25, -0.2) is 0 Å². The normalized spacial score (nSPS) is 13.3. The van der Waals surface area contributed by atoms with Crippen LogP contribution in [0.15, 0.2) is 186 Å². The minimum Gasteiger partial charge on any atom is -0.458 e. The van der Waals surface area contributed by atoms with Gasteiger partial charge in [0.15, 0.2) is 0 Å². The van der Waals surface area contributed by atoms with Crippen molar-refractivity contribution >= 4 is 92.1 Å². The lowest BCUT2D eigenvalue weighted by molar-refractivity contribution is 0.486. The summed E-state index contributed by atoms with van der Waals surface area (Å²) in [6, 6.07) is 65.0. The summed E-state index contributed by atoms with van der Waals surface area (Å²) in [7, 11) is 0. The van der Waals surface area contributed by atoms with E-state index in [1.165, 1.54) is 70.6 Å². The summed E-state index contributed by atoms with van der Waals surface area (Å²) in [6.45, 7) is 14.1. The second-order valence-electron chi connectivity index (χ2n) is 18.2. The molecular formula is C57H50B2N2OS. The highest BCUT2D eigenvalue weighted by atomic mass is 32.2. The monoisotopic (exact) mass is 832 g/mol. The van der Waals surface area contributed by atoms with E-state index in [4.69, 9.17) is 4.74 Å². The van der Waals surface area contributed by atoms with Crippen molar-refractivity contribution in [3.05, 3.63) is 193 Å². The van der Waals surface area contributed by atoms with Crippen LogP contribution in [-0.4, -0.2) is 13.4 Å². The Bertz CT molecular complexity index is 2960. The topological polar surface area (TPSA) is 15.7 Å². The Balaban J connectivity index is 1.18. The van der Waals surface area contributed by atoms with E-state index in [0.717, 1.165) is 34.2 Å². The number of rotatable bonds is 8. The van der Waals surface area contributed by atoms with Crippen LogP contribution in [0.4, 0.5) is 34.1 Å². The van der Waals surface area contributed by atoms with Gasteiger partial charge >= 0.3 is 0 Å². The minimum absolute atomic E-state index is 0.0129. The molecule has 0 unspecified atom stereocenters. The van der Waals surface area contributed by atoms with E-state index in [1.54, 1.807) is 0 Å². The molecular weight excluding hydrogens is 782 g/mol. The van der Waals surface area contributed by atoms with Gasteiger partial charge in [0, 0.05) is 43.9 Å². The first-order chi connectivity index (χ1) is 30.7. The molecule has 63 heavy (non-hydrogen) atoms. The zero-order valence-corrected chi connectivity index (χ0v) is 37.7. The number of benzene rings is 8. The molecule has 11 rings (SSSR count). The maximum Gasteiger partial charge on any atom is 0.251 e. The zero-order chi connectivity index (χ0) is 42.9. The van der Waals surface area contributed by atoms with Crippen LogP contribution in [0.2, 0.25) is 0 Å². The highest BCUT2D eigenvalue weighted by Crippen LogP contribution is 2.47. The predicted molar refractivity (Wildman–Crippen MR) is 271 cm³/mol. The lowest BCUT2D eigenvalue weighted by atomic mass is 9.31. The van der Waals surface area contributed by atoms with E-state index in [0.29, 0.717) is 17.8 Å². The van der Waals surface area contributed by atoms with Crippen molar-refractivity contribution < 1.29 is 4.74 Å². The Kier molecular flexibility index (Phi) is 9.88. The molecule has 3 aliphatic heterocycles. The van der Waals surface area contributed by atoms with Gasteiger partial charge < -0.3 is 14.5 Å². The number of hydrogen-bond donors (Lipinski definition) is 0. The van der Waals surface area contributed by atoms with E-state index in [1.807, 2.05) is 11.8 Å². The van der Waals surface area contributed by atoms with E-state index >= 15 is 0 Å². The van der Waals surface area contributed by atoms with Crippen LogP contribution in [0, 0.1) is 0 Å². The van der Waals surface area contributed by atoms with Crippen molar-refractivity contribution in [3.8, 4) is 11.5 Å². The quantitative estimate of drug-likeness (QED) is 0.142. The standard InChI is InChI=1S/C57H50B2N2OS/c1-36(2)39-30-44(37(3)4)56(45(31-39)38(5)6)59-47-27-17-19-29-52(47)62-53-35-54-49(34-48(53)59)58-46-26-16-18-28-50(46)61(42-24-14-9-15-25-42)51-32-43(33-55(63-54)57(51)58)60(40-20-10-7-11-21-40)41-22-12-8-13-23-41/h7-38H,1-6H3. The van der Waals surface area contributed by atoms with Crippen molar-refractivity contribution in [2.75, 3.05) is 9.80 Å². The molecule has 0 atom stereocenters. The second-order valence-corrected chi connectivity index (χ2v) is 19.3. The molecule has 0 saturated heterocycles. The number of ether oxygens (including phenoxy) is 1. The lowest BCUT2D eigenvalue weighted by Gasteiger charge is -2.42. The maximum atomic E-state index is 7.04. The molecule has 306 valence electrons. The number of hydrogen-bond acceptors (Lipinski definition) is 4. The molecule has 0 fully saturated rings. The molecule has 0 saturated carbocycles. The van der Waals surface area contributed by atoms with Gasteiger partial charge in [0.1, 0.15) is 11.5 Å². The Labute approximate surface area is 377 Å². The smallest absolute Gasteiger partial charge is 0.251 e. The maximum absolute atomic E-state index is 7.04. The summed E-state index contributed by atoms with van der Waals surface area (Å²) < 4.78 is 7.04. The average molecular weight is 833 g/mol. The molecule has 0 N–H and O–H groups in total. The van der Waals surface area contributed by atoms with E-state index < -0.39 is 0 Å². The van der Waals surface area contributed by atoms with Gasteiger partial charge in [-0.15, -0.1) is 0 Å². The number of anilines is 6. The van der Waals surface area contributed by atoms with Crippen molar-refractivity contribution in [3.63, 3.8) is 0 Å². The van der Waals surface area contributed by atoms with Crippen LogP contribution in [0.1, 0.15) is 76.0 Å². The fraction of sp³-hybridized carbons (Fsp3) is 0.158. The Morgan fingerprint density at radius 3 is 1.65 bits per heavy atom. The SMILES string of the molecule is CC(C)c1cc(C(C)C)c(B2c3ccccc3Oc3cc4c(cc32)B2c3ccccc3N(c3ccccc3)c3cc(N(c5ccccc5)c5ccccc5)cc(c32)S4)c(C(C)C)c1. The summed E-state index contributed by atoms with van der Waals surface area (Å²) in [5, 5.41) is 0. The van der Waals surface area contributed by atoms with Gasteiger partial charge in [-0.2, -0.15) is 0 Å². The second kappa shape index (κ2) is 15.8. The molecule has 0 bridgehead atoms. The molecule has 3 heterocycles. The molecule has 3 aliphatic rings. The summed E-state index contributed by atoms with van der Waals surface area (Å²) in [5.74, 6) is 3.05. The lowest BCUT2D eigenvalue weighted by Crippen LogP contribution is -2.62. The number of para-hydroxylation sites is 5. The van der Waals surface area contributed by atoms with Crippen molar-refractivity contribution in [1.82, 2.24) is 0 Å². The summed E-state index contributed by atoms with van der Waals surface area (Å²) in [6.07, 6.45) is 0. The first-order valence-electron chi connectivity index (χ1n) is 22.6. The molecule has 6 heteroatoms. The van der Waals surface area contributed by atoms with Crippen LogP contribution in [0.25, 0.3) is 0 Å². The van der Waals surface area contributed by atoms with Crippen LogP contribution in [-0.2, 0) is 0 Å².